The molecule has 2 rings (SSSR count). The maximum absolute atomic E-state index is 12.1. The number of nitrogens with one attached hydrogen (secondary N) is 1. The summed E-state index contributed by atoms with van der Waals surface area (Å²) < 4.78 is 0.954. The van der Waals surface area contributed by atoms with E-state index in [-0.39, 0.29) is 5.91 Å². The molecule has 122 valence electrons. The Morgan fingerprint density at radius 3 is 2.39 bits per heavy atom. The Labute approximate surface area is 147 Å². The standard InChI is InChI=1S/C20H24BrNO/c1-3-4-5-17-10-12-19(18(21)14-17)22-20(23)13-11-16-8-6-15(2)7-9-16/h6-10,12,14H,3-5,11,13H2,1-2H3,(H,22,23). The molecule has 23 heavy (non-hydrogen) atoms. The molecule has 0 saturated heterocycles. The van der Waals surface area contributed by atoms with Gasteiger partial charge in [-0.15, -0.1) is 0 Å². The summed E-state index contributed by atoms with van der Waals surface area (Å²) in [7, 11) is 0. The molecular formula is C20H24BrNO. The van der Waals surface area contributed by atoms with Crippen molar-refractivity contribution in [2.75, 3.05) is 5.32 Å². The van der Waals surface area contributed by atoms with Gasteiger partial charge in [0, 0.05) is 10.9 Å². The average molecular weight is 374 g/mol. The minimum Gasteiger partial charge on any atom is -0.325 e. The van der Waals surface area contributed by atoms with Gasteiger partial charge in [-0.05, 0) is 65.4 Å². The van der Waals surface area contributed by atoms with Crippen molar-refractivity contribution in [2.45, 2.75) is 46.0 Å². The van der Waals surface area contributed by atoms with Gasteiger partial charge in [-0.2, -0.15) is 0 Å². The number of benzene rings is 2. The van der Waals surface area contributed by atoms with Crippen molar-refractivity contribution in [3.05, 3.63) is 63.6 Å². The third kappa shape index (κ3) is 5.83. The number of aryl methyl sites for hydroxylation is 3. The van der Waals surface area contributed by atoms with Gasteiger partial charge in [-0.25, -0.2) is 0 Å². The fourth-order valence-corrected chi connectivity index (χ4v) is 2.95. The van der Waals surface area contributed by atoms with Gasteiger partial charge in [0.1, 0.15) is 0 Å². The number of anilines is 1. The summed E-state index contributed by atoms with van der Waals surface area (Å²) in [6, 6.07) is 14.5. The molecule has 0 aromatic heterocycles. The molecule has 1 N–H and O–H groups in total. The highest BCUT2D eigenvalue weighted by Crippen LogP contribution is 2.24. The van der Waals surface area contributed by atoms with Crippen molar-refractivity contribution in [1.82, 2.24) is 0 Å². The van der Waals surface area contributed by atoms with Gasteiger partial charge >= 0.3 is 0 Å². The Hall–Kier alpha value is -1.61. The van der Waals surface area contributed by atoms with Crippen molar-refractivity contribution in [3.8, 4) is 0 Å². The number of hydrogen-bond donors (Lipinski definition) is 1. The summed E-state index contributed by atoms with van der Waals surface area (Å²) in [5, 5.41) is 2.99. The van der Waals surface area contributed by atoms with E-state index in [1.165, 1.54) is 29.5 Å². The first-order valence-electron chi connectivity index (χ1n) is 8.22. The van der Waals surface area contributed by atoms with E-state index in [0.29, 0.717) is 6.42 Å². The Kier molecular flexibility index (Phi) is 6.85. The summed E-state index contributed by atoms with van der Waals surface area (Å²) in [6.45, 7) is 4.26. The van der Waals surface area contributed by atoms with Crippen molar-refractivity contribution < 1.29 is 4.79 Å². The SMILES string of the molecule is CCCCc1ccc(NC(=O)CCc2ccc(C)cc2)c(Br)c1. The van der Waals surface area contributed by atoms with E-state index in [9.17, 15) is 4.79 Å². The first-order chi connectivity index (χ1) is 11.1. The van der Waals surface area contributed by atoms with Gasteiger partial charge in [-0.1, -0.05) is 49.2 Å². The molecule has 0 spiro atoms. The van der Waals surface area contributed by atoms with Crippen LogP contribution in [-0.2, 0) is 17.6 Å². The van der Waals surface area contributed by atoms with Crippen molar-refractivity contribution in [1.29, 1.82) is 0 Å². The molecule has 0 aliphatic heterocycles. The predicted molar refractivity (Wildman–Crippen MR) is 101 cm³/mol. The van der Waals surface area contributed by atoms with Gasteiger partial charge in [0.25, 0.3) is 0 Å². The van der Waals surface area contributed by atoms with E-state index in [1.54, 1.807) is 0 Å². The molecule has 0 radical (unpaired) electrons. The number of carbonyl (C=O) groups excluding carboxylic acids is 1. The molecule has 2 nitrogen and oxygen atoms in total. The molecule has 0 fully saturated rings. The lowest BCUT2D eigenvalue weighted by Crippen LogP contribution is -2.12. The second-order valence-corrected chi connectivity index (χ2v) is 6.81. The minimum atomic E-state index is 0.0487. The molecule has 0 aliphatic rings. The summed E-state index contributed by atoms with van der Waals surface area (Å²) in [4.78, 5) is 12.1. The van der Waals surface area contributed by atoms with E-state index in [2.05, 4.69) is 71.5 Å². The number of halogens is 1. The van der Waals surface area contributed by atoms with Crippen LogP contribution < -0.4 is 5.32 Å². The van der Waals surface area contributed by atoms with Crippen LogP contribution in [0, 0.1) is 6.92 Å². The van der Waals surface area contributed by atoms with Gasteiger partial charge in [0.15, 0.2) is 0 Å². The second kappa shape index (κ2) is 8.88. The quantitative estimate of drug-likeness (QED) is 0.665. The number of unbranched alkanes of at least 4 members (excludes halogenated alkanes) is 1. The van der Waals surface area contributed by atoms with Gasteiger partial charge in [0.2, 0.25) is 5.91 Å². The van der Waals surface area contributed by atoms with Crippen LogP contribution in [-0.4, -0.2) is 5.91 Å². The molecule has 0 unspecified atom stereocenters. The van der Waals surface area contributed by atoms with E-state index in [0.717, 1.165) is 23.0 Å². The van der Waals surface area contributed by atoms with Crippen molar-refractivity contribution >= 4 is 27.5 Å². The molecule has 0 heterocycles. The Morgan fingerprint density at radius 2 is 1.74 bits per heavy atom. The number of hydrogen-bond acceptors (Lipinski definition) is 1. The topological polar surface area (TPSA) is 29.1 Å². The molecule has 0 atom stereocenters. The molecule has 0 saturated carbocycles. The van der Waals surface area contributed by atoms with Crippen molar-refractivity contribution in [2.24, 2.45) is 0 Å². The number of carbonyl (C=O) groups is 1. The minimum absolute atomic E-state index is 0.0487. The summed E-state index contributed by atoms with van der Waals surface area (Å²) in [6.07, 6.45) is 4.71. The monoisotopic (exact) mass is 373 g/mol. The zero-order valence-corrected chi connectivity index (χ0v) is 15.4. The Morgan fingerprint density at radius 1 is 1.04 bits per heavy atom. The summed E-state index contributed by atoms with van der Waals surface area (Å²) in [5.74, 6) is 0.0487. The van der Waals surface area contributed by atoms with Crippen LogP contribution in [0.2, 0.25) is 0 Å². The predicted octanol–water partition coefficient (Wildman–Crippen LogP) is 5.67. The number of amides is 1. The van der Waals surface area contributed by atoms with Gasteiger partial charge in [0.05, 0.1) is 5.69 Å². The Balaban J connectivity index is 1.88. The first kappa shape index (κ1) is 17.7. The van der Waals surface area contributed by atoms with Crippen LogP contribution in [0.15, 0.2) is 46.9 Å². The van der Waals surface area contributed by atoms with Crippen LogP contribution in [0.4, 0.5) is 5.69 Å². The summed E-state index contributed by atoms with van der Waals surface area (Å²) in [5.41, 5.74) is 4.58. The highest BCUT2D eigenvalue weighted by Gasteiger charge is 2.07. The largest absolute Gasteiger partial charge is 0.325 e. The van der Waals surface area contributed by atoms with E-state index >= 15 is 0 Å². The lowest BCUT2D eigenvalue weighted by Gasteiger charge is -2.09. The second-order valence-electron chi connectivity index (χ2n) is 5.95. The van der Waals surface area contributed by atoms with Crippen LogP contribution in [0.3, 0.4) is 0 Å². The Bertz CT molecular complexity index is 649. The lowest BCUT2D eigenvalue weighted by molar-refractivity contribution is -0.116. The molecule has 1 amide bonds. The maximum Gasteiger partial charge on any atom is 0.224 e. The fraction of sp³-hybridized carbons (Fsp3) is 0.350. The van der Waals surface area contributed by atoms with E-state index in [4.69, 9.17) is 0 Å². The van der Waals surface area contributed by atoms with Gasteiger partial charge in [-0.3, -0.25) is 4.79 Å². The highest BCUT2D eigenvalue weighted by molar-refractivity contribution is 9.10. The smallest absolute Gasteiger partial charge is 0.224 e. The van der Waals surface area contributed by atoms with Crippen LogP contribution in [0.25, 0.3) is 0 Å². The molecular weight excluding hydrogens is 350 g/mol. The normalized spacial score (nSPS) is 10.6. The maximum atomic E-state index is 12.1. The summed E-state index contributed by atoms with van der Waals surface area (Å²) >= 11 is 3.56. The van der Waals surface area contributed by atoms with Crippen LogP contribution in [0.1, 0.15) is 42.9 Å². The zero-order chi connectivity index (χ0) is 16.7. The number of rotatable bonds is 7. The molecule has 3 heteroatoms. The van der Waals surface area contributed by atoms with Crippen LogP contribution >= 0.6 is 15.9 Å². The highest BCUT2D eigenvalue weighted by atomic mass is 79.9. The molecule has 0 aliphatic carbocycles. The van der Waals surface area contributed by atoms with E-state index in [1.807, 2.05) is 6.07 Å². The molecule has 2 aromatic rings. The third-order valence-electron chi connectivity index (χ3n) is 3.89. The molecule has 0 bridgehead atoms. The van der Waals surface area contributed by atoms with Crippen molar-refractivity contribution in [3.63, 3.8) is 0 Å². The first-order valence-corrected chi connectivity index (χ1v) is 9.01. The zero-order valence-electron chi connectivity index (χ0n) is 13.9. The van der Waals surface area contributed by atoms with Crippen LogP contribution in [0.5, 0.6) is 0 Å². The van der Waals surface area contributed by atoms with Gasteiger partial charge < -0.3 is 5.32 Å². The molecule has 2 aromatic carbocycles. The lowest BCUT2D eigenvalue weighted by atomic mass is 10.1. The fourth-order valence-electron chi connectivity index (χ4n) is 2.42. The third-order valence-corrected chi connectivity index (χ3v) is 4.54. The average Bonchev–Trinajstić information content (AvgIpc) is 2.54. The van der Waals surface area contributed by atoms with E-state index < -0.39 is 0 Å².